The second kappa shape index (κ2) is 24.3. The molecule has 0 saturated carbocycles. The van der Waals surface area contributed by atoms with Crippen LogP contribution in [0.4, 0.5) is 31.4 Å². The summed E-state index contributed by atoms with van der Waals surface area (Å²) in [6.45, 7) is 5.26. The van der Waals surface area contributed by atoms with Crippen LogP contribution in [0.1, 0.15) is 39.3 Å². The predicted octanol–water partition coefficient (Wildman–Crippen LogP) is 14.6. The topological polar surface area (TPSA) is 183 Å². The third-order valence-corrected chi connectivity index (χ3v) is 15.5. The summed E-state index contributed by atoms with van der Waals surface area (Å²) in [7, 11) is 0. The summed E-state index contributed by atoms with van der Waals surface area (Å²) in [5, 5.41) is 33.7. The Kier molecular flexibility index (Phi) is 16.7. The average Bonchev–Trinajstić information content (AvgIpc) is 4.23. The van der Waals surface area contributed by atoms with E-state index in [1.807, 2.05) is 121 Å². The molecular formula is C58H51Cl5N12O3. The van der Waals surface area contributed by atoms with Gasteiger partial charge in [-0.3, -0.25) is 15.3 Å². The summed E-state index contributed by atoms with van der Waals surface area (Å²) in [6, 6.07) is 45.1. The number of halogens is 5. The van der Waals surface area contributed by atoms with Crippen LogP contribution in [0.25, 0.3) is 33.8 Å². The first-order valence-corrected chi connectivity index (χ1v) is 26.9. The van der Waals surface area contributed by atoms with Gasteiger partial charge in [-0.15, -0.1) is 0 Å². The second-order valence-corrected chi connectivity index (χ2v) is 20.7. The lowest BCUT2D eigenvalue weighted by Gasteiger charge is -2.27. The Morgan fingerprint density at radius 3 is 1.26 bits per heavy atom. The van der Waals surface area contributed by atoms with Gasteiger partial charge in [-0.2, -0.15) is 15.3 Å². The van der Waals surface area contributed by atoms with Gasteiger partial charge in [0.15, 0.2) is 0 Å². The average molecular weight is 1140 g/mol. The molecule has 6 N–H and O–H groups in total. The Bertz CT molecular complexity index is 3300. The monoisotopic (exact) mass is 1140 g/mol. The zero-order valence-corrected chi connectivity index (χ0v) is 45.8. The van der Waals surface area contributed by atoms with Gasteiger partial charge in [-0.05, 0) is 55.0 Å². The number of urea groups is 3. The first-order valence-electron chi connectivity index (χ1n) is 25.0. The van der Waals surface area contributed by atoms with E-state index in [-0.39, 0.29) is 18.1 Å². The fraction of sp³-hybridized carbons (Fsp3) is 0.172. The molecule has 0 unspecified atom stereocenters. The molecule has 6 heterocycles. The predicted molar refractivity (Wildman–Crippen MR) is 311 cm³/mol. The van der Waals surface area contributed by atoms with Gasteiger partial charge in [-0.1, -0.05) is 161 Å². The van der Waals surface area contributed by atoms with E-state index in [1.165, 1.54) is 0 Å². The molecular weight excluding hydrogens is 1090 g/mol. The second-order valence-electron chi connectivity index (χ2n) is 18.6. The zero-order valence-electron chi connectivity index (χ0n) is 42.0. The number of amides is 6. The van der Waals surface area contributed by atoms with Crippen molar-refractivity contribution in [2.24, 2.45) is 0 Å². The summed E-state index contributed by atoms with van der Waals surface area (Å²) < 4.78 is 0. The van der Waals surface area contributed by atoms with Gasteiger partial charge in [0.1, 0.15) is 0 Å². The largest absolute Gasteiger partial charge is 0.322 e. The van der Waals surface area contributed by atoms with Crippen LogP contribution in [-0.4, -0.2) is 83.0 Å². The first kappa shape index (κ1) is 53.6. The van der Waals surface area contributed by atoms with Crippen molar-refractivity contribution in [2.75, 3.05) is 35.6 Å². The van der Waals surface area contributed by atoms with Crippen LogP contribution in [0, 0.1) is 6.92 Å². The summed E-state index contributed by atoms with van der Waals surface area (Å²) in [5.41, 5.74) is 14.9. The molecule has 78 heavy (non-hydrogen) atoms. The van der Waals surface area contributed by atoms with Crippen LogP contribution >= 0.6 is 58.0 Å². The lowest BCUT2D eigenvalue weighted by molar-refractivity contribution is 0.205. The Hall–Kier alpha value is -7.79. The van der Waals surface area contributed by atoms with Crippen LogP contribution in [0.2, 0.25) is 25.1 Å². The van der Waals surface area contributed by atoms with Crippen molar-refractivity contribution >= 4 is 93.2 Å². The van der Waals surface area contributed by atoms with Crippen molar-refractivity contribution in [3.8, 4) is 33.8 Å². The number of H-pyrrole nitrogens is 3. The molecule has 15 nitrogen and oxygen atoms in total. The van der Waals surface area contributed by atoms with Gasteiger partial charge < -0.3 is 30.7 Å². The fourth-order valence-electron chi connectivity index (χ4n) is 9.43. The Morgan fingerprint density at radius 1 is 0.436 bits per heavy atom. The van der Waals surface area contributed by atoms with Crippen LogP contribution < -0.4 is 16.0 Å². The maximum atomic E-state index is 12.8. The van der Waals surface area contributed by atoms with Gasteiger partial charge in [0.2, 0.25) is 0 Å². The number of aromatic amines is 3. The number of nitrogens with zero attached hydrogens (tertiary/aromatic N) is 6. The van der Waals surface area contributed by atoms with Crippen molar-refractivity contribution in [2.45, 2.75) is 45.8 Å². The van der Waals surface area contributed by atoms with Crippen molar-refractivity contribution in [3.63, 3.8) is 0 Å². The highest BCUT2D eigenvalue weighted by atomic mass is 35.5. The van der Waals surface area contributed by atoms with E-state index in [0.29, 0.717) is 75.8 Å². The van der Waals surface area contributed by atoms with E-state index < -0.39 is 0 Å². The van der Waals surface area contributed by atoms with Crippen molar-refractivity contribution in [1.29, 1.82) is 0 Å². The molecule has 6 aromatic carbocycles. The molecule has 0 radical (unpaired) electrons. The SMILES string of the molecule is Cc1c(Cl)cccc1NC(=O)N1CCc2[nH]nc(-c3ccccc3)c2C1.O=C(Nc1cc(Cl)ccc1Cl)N1CCc2[nH]nc(-c3ccccc3)c2C1.O=C(Nc1cccc(Cl)c1Cl)N1CCc2[nH]nc(-c3ccccc3)c2C1. The lowest BCUT2D eigenvalue weighted by Crippen LogP contribution is -2.39. The van der Waals surface area contributed by atoms with Gasteiger partial charge in [0.05, 0.1) is 63.2 Å². The third kappa shape index (κ3) is 12.2. The quantitative estimate of drug-likeness (QED) is 0.0963. The number of nitrogens with one attached hydrogen (secondary N) is 6. The lowest BCUT2D eigenvalue weighted by atomic mass is 10.0. The summed E-state index contributed by atoms with van der Waals surface area (Å²) in [4.78, 5) is 43.5. The molecule has 0 saturated heterocycles. The minimum absolute atomic E-state index is 0.124. The Labute approximate surface area is 475 Å². The Balaban J connectivity index is 0.000000132. The smallest absolute Gasteiger partial charge is 0.320 e. The number of hydrogen-bond donors (Lipinski definition) is 6. The number of anilines is 3. The highest BCUT2D eigenvalue weighted by molar-refractivity contribution is 6.44. The third-order valence-electron chi connectivity index (χ3n) is 13.7. The van der Waals surface area contributed by atoms with E-state index in [2.05, 4.69) is 46.5 Å². The summed E-state index contributed by atoms with van der Waals surface area (Å²) >= 11 is 30.5. The van der Waals surface area contributed by atoms with E-state index in [0.717, 1.165) is 98.1 Å². The standard InChI is InChI=1S/C20H19ClN4O.2C19H16Cl2N4O/c1-13-16(21)8-5-9-17(13)22-20(26)25-11-10-18-15(12-25)19(24-23-18)14-6-3-2-4-7-14;20-14-7-4-8-16(17(14)21)22-19(26)25-10-9-15-13(11-25)18(24-23-15)12-5-2-1-3-6-12;20-13-6-7-15(21)17(10-13)22-19(26)25-9-8-16-14(11-25)18(24-23-16)12-4-2-1-3-5-12/h2-9H,10-12H2,1H3,(H,22,26)(H,23,24);1-8H,9-11H2,(H,22,26)(H,23,24);1-7,10H,8-9,11H2,(H,22,26)(H,23,24). The molecule has 3 aliphatic heterocycles. The highest BCUT2D eigenvalue weighted by Gasteiger charge is 2.29. The molecule has 0 aliphatic carbocycles. The first-order chi connectivity index (χ1) is 37.9. The number of aromatic nitrogens is 6. The molecule has 396 valence electrons. The van der Waals surface area contributed by atoms with Crippen molar-refractivity contribution in [1.82, 2.24) is 45.3 Å². The van der Waals surface area contributed by atoms with Gasteiger partial charge >= 0.3 is 18.1 Å². The van der Waals surface area contributed by atoms with Gasteiger partial charge in [0.25, 0.3) is 0 Å². The minimum Gasteiger partial charge on any atom is -0.320 e. The molecule has 6 amide bonds. The number of fused-ring (bicyclic) bond motifs is 3. The normalized spacial score (nSPS) is 13.4. The van der Waals surface area contributed by atoms with E-state index in [1.54, 1.807) is 46.2 Å². The van der Waals surface area contributed by atoms with Crippen LogP contribution in [0.15, 0.2) is 146 Å². The highest BCUT2D eigenvalue weighted by Crippen LogP contribution is 2.34. The van der Waals surface area contributed by atoms with Crippen LogP contribution in [0.5, 0.6) is 0 Å². The molecule has 0 atom stereocenters. The zero-order chi connectivity index (χ0) is 54.3. The Morgan fingerprint density at radius 2 is 0.821 bits per heavy atom. The number of hydrogen-bond acceptors (Lipinski definition) is 6. The maximum absolute atomic E-state index is 12.8. The molecule has 0 spiro atoms. The number of rotatable bonds is 6. The molecule has 0 fully saturated rings. The number of carbonyl (C=O) groups excluding carboxylic acids is 3. The van der Waals surface area contributed by atoms with Crippen LogP contribution in [0.3, 0.4) is 0 Å². The maximum Gasteiger partial charge on any atom is 0.322 e. The summed E-state index contributed by atoms with van der Waals surface area (Å²) in [6.07, 6.45) is 2.22. The van der Waals surface area contributed by atoms with Crippen molar-refractivity contribution in [3.05, 3.63) is 210 Å². The van der Waals surface area contributed by atoms with Gasteiger partial charge in [-0.25, -0.2) is 14.4 Å². The van der Waals surface area contributed by atoms with Gasteiger partial charge in [0, 0.05) is 105 Å². The molecule has 20 heteroatoms. The van der Waals surface area contributed by atoms with E-state index in [4.69, 9.17) is 58.0 Å². The van der Waals surface area contributed by atoms with E-state index in [9.17, 15) is 14.4 Å². The van der Waals surface area contributed by atoms with Crippen molar-refractivity contribution < 1.29 is 14.4 Å². The minimum atomic E-state index is -0.208. The molecule has 9 aromatic rings. The number of carbonyl (C=O) groups is 3. The number of benzene rings is 6. The van der Waals surface area contributed by atoms with Crippen LogP contribution in [-0.2, 0) is 38.9 Å². The fourth-order valence-corrected chi connectivity index (χ4v) is 10.3. The molecule has 3 aliphatic rings. The molecule has 0 bridgehead atoms. The molecule has 3 aromatic heterocycles. The summed E-state index contributed by atoms with van der Waals surface area (Å²) in [5.74, 6) is 0. The van der Waals surface area contributed by atoms with E-state index >= 15 is 0 Å². The molecule has 12 rings (SSSR count).